The maximum Gasteiger partial charge on any atom is 0.141 e. The predicted octanol–water partition coefficient (Wildman–Crippen LogP) is 7.39. The second-order valence-electron chi connectivity index (χ2n) is 8.80. The smallest absolute Gasteiger partial charge is 0.141 e. The minimum Gasteiger partial charge on any atom is -0.206 e. The Morgan fingerprint density at radius 1 is 1.04 bits per heavy atom. The van der Waals surface area contributed by atoms with Crippen LogP contribution in [0.2, 0.25) is 0 Å². The molecule has 28 heavy (non-hydrogen) atoms. The van der Waals surface area contributed by atoms with Crippen molar-refractivity contribution in [2.24, 2.45) is 11.8 Å². The number of nitrogens with zero attached hydrogens (tertiary/aromatic N) is 1. The molecule has 0 radical (unpaired) electrons. The Kier molecular flexibility index (Phi) is 5.81. The lowest BCUT2D eigenvalue weighted by molar-refractivity contribution is 0.199. The van der Waals surface area contributed by atoms with Gasteiger partial charge in [0.2, 0.25) is 0 Å². The molecular weight excluding hydrogens is 345 g/mol. The second kappa shape index (κ2) is 8.48. The molecule has 0 aromatic heterocycles. The van der Waals surface area contributed by atoms with Crippen molar-refractivity contribution in [3.63, 3.8) is 0 Å². The van der Waals surface area contributed by atoms with Gasteiger partial charge in [0.15, 0.2) is 0 Å². The van der Waals surface area contributed by atoms with E-state index in [1.54, 1.807) is 11.6 Å². The van der Waals surface area contributed by atoms with Crippen LogP contribution in [0.3, 0.4) is 0 Å². The summed E-state index contributed by atoms with van der Waals surface area (Å²) < 4.78 is 14.0. The number of rotatable bonds is 5. The van der Waals surface area contributed by atoms with Crippen molar-refractivity contribution in [1.82, 2.24) is 0 Å². The second-order valence-corrected chi connectivity index (χ2v) is 8.80. The van der Waals surface area contributed by atoms with E-state index in [1.165, 1.54) is 63.0 Å². The van der Waals surface area contributed by atoms with Crippen LogP contribution in [0, 0.1) is 29.0 Å². The summed E-state index contributed by atoms with van der Waals surface area (Å²) in [7, 11) is 0. The Balaban J connectivity index is 1.50. The van der Waals surface area contributed by atoms with Gasteiger partial charge in [0, 0.05) is 0 Å². The fourth-order valence-electron chi connectivity index (χ4n) is 5.52. The monoisotopic (exact) mass is 375 g/mol. The third kappa shape index (κ3) is 3.86. The molecule has 2 heteroatoms. The summed E-state index contributed by atoms with van der Waals surface area (Å²) in [4.78, 5) is 0. The minimum absolute atomic E-state index is 0.111. The van der Waals surface area contributed by atoms with E-state index >= 15 is 0 Å². The molecule has 146 valence electrons. The van der Waals surface area contributed by atoms with Crippen LogP contribution in [-0.4, -0.2) is 0 Å². The molecule has 0 aliphatic heterocycles. The average Bonchev–Trinajstić information content (AvgIpc) is 2.73. The van der Waals surface area contributed by atoms with Gasteiger partial charge in [-0.2, -0.15) is 5.26 Å². The fraction of sp³-hybridized carbons (Fsp3) is 0.500. The lowest BCUT2D eigenvalue weighted by Crippen LogP contribution is -2.28. The summed E-state index contributed by atoms with van der Waals surface area (Å²) in [5.41, 5.74) is 5.03. The first-order chi connectivity index (χ1) is 13.7. The summed E-state index contributed by atoms with van der Waals surface area (Å²) in [6.07, 6.45) is 12.1. The first kappa shape index (κ1) is 19.2. The highest BCUT2D eigenvalue weighted by Gasteiger charge is 2.35. The van der Waals surface area contributed by atoms with E-state index < -0.39 is 5.82 Å². The molecule has 0 heterocycles. The zero-order valence-corrected chi connectivity index (χ0v) is 16.9. The standard InChI is InChI=1S/C26H30FN/c1-2-3-4-5-18-6-12-24-21(14-18)8-9-22-15-19(11-13-25(22)24)20-7-10-23(17-28)26(27)16-20/h7,10-11,13,15-16,18,21,24H,2-6,8-9,12,14H2,1H3. The van der Waals surface area contributed by atoms with Gasteiger partial charge in [0.05, 0.1) is 5.56 Å². The van der Waals surface area contributed by atoms with Crippen LogP contribution in [0.25, 0.3) is 11.1 Å². The summed E-state index contributed by atoms with van der Waals surface area (Å²) >= 11 is 0. The molecule has 1 fully saturated rings. The molecule has 2 aliphatic rings. The molecule has 0 spiro atoms. The van der Waals surface area contributed by atoms with Crippen molar-refractivity contribution in [1.29, 1.82) is 5.26 Å². The van der Waals surface area contributed by atoms with Crippen LogP contribution >= 0.6 is 0 Å². The maximum atomic E-state index is 14.0. The van der Waals surface area contributed by atoms with Gasteiger partial charge in [-0.3, -0.25) is 0 Å². The number of aryl methyl sites for hydroxylation is 1. The van der Waals surface area contributed by atoms with Gasteiger partial charge in [-0.1, -0.05) is 56.9 Å². The van der Waals surface area contributed by atoms with Crippen LogP contribution in [-0.2, 0) is 6.42 Å². The number of nitriles is 1. The molecule has 3 atom stereocenters. The van der Waals surface area contributed by atoms with Gasteiger partial charge < -0.3 is 0 Å². The van der Waals surface area contributed by atoms with Crippen LogP contribution in [0.1, 0.15) is 80.9 Å². The topological polar surface area (TPSA) is 23.8 Å². The zero-order chi connectivity index (χ0) is 19.5. The van der Waals surface area contributed by atoms with Crippen molar-refractivity contribution < 1.29 is 4.39 Å². The highest BCUT2D eigenvalue weighted by atomic mass is 19.1. The van der Waals surface area contributed by atoms with Crippen molar-refractivity contribution in [3.05, 3.63) is 58.9 Å². The molecule has 4 rings (SSSR count). The van der Waals surface area contributed by atoms with Crippen molar-refractivity contribution in [2.75, 3.05) is 0 Å². The van der Waals surface area contributed by atoms with Gasteiger partial charge in [-0.25, -0.2) is 4.39 Å². The van der Waals surface area contributed by atoms with E-state index in [0.29, 0.717) is 0 Å². The van der Waals surface area contributed by atoms with E-state index in [-0.39, 0.29) is 5.56 Å². The number of halogens is 1. The molecule has 2 aromatic carbocycles. The largest absolute Gasteiger partial charge is 0.206 e. The summed E-state index contributed by atoms with van der Waals surface area (Å²) in [6.45, 7) is 2.29. The first-order valence-corrected chi connectivity index (χ1v) is 11.0. The molecule has 0 bridgehead atoms. The van der Waals surface area contributed by atoms with Crippen molar-refractivity contribution in [3.8, 4) is 17.2 Å². The summed E-state index contributed by atoms with van der Waals surface area (Å²) in [6, 6.07) is 13.5. The normalized spacial score (nSPS) is 23.5. The predicted molar refractivity (Wildman–Crippen MR) is 113 cm³/mol. The Labute approximate surface area is 168 Å². The summed E-state index contributed by atoms with van der Waals surface area (Å²) in [5.74, 6) is 2.08. The van der Waals surface area contributed by atoms with Crippen LogP contribution in [0.5, 0.6) is 0 Å². The molecule has 2 aliphatic carbocycles. The molecule has 1 nitrogen and oxygen atoms in total. The Hall–Kier alpha value is -2.14. The number of hydrogen-bond donors (Lipinski definition) is 0. The minimum atomic E-state index is -0.431. The number of hydrogen-bond acceptors (Lipinski definition) is 1. The Morgan fingerprint density at radius 3 is 2.64 bits per heavy atom. The van der Waals surface area contributed by atoms with Crippen molar-refractivity contribution in [2.45, 2.75) is 70.6 Å². The van der Waals surface area contributed by atoms with E-state index in [4.69, 9.17) is 5.26 Å². The highest BCUT2D eigenvalue weighted by Crippen LogP contribution is 2.48. The number of unbranched alkanes of at least 4 members (excludes halogenated alkanes) is 2. The lowest BCUT2D eigenvalue weighted by atomic mass is 9.64. The zero-order valence-electron chi connectivity index (χ0n) is 16.9. The van der Waals surface area contributed by atoms with Crippen molar-refractivity contribution >= 4 is 0 Å². The van der Waals surface area contributed by atoms with Crippen LogP contribution in [0.4, 0.5) is 4.39 Å². The average molecular weight is 376 g/mol. The highest BCUT2D eigenvalue weighted by molar-refractivity contribution is 5.66. The van der Waals surface area contributed by atoms with E-state index in [1.807, 2.05) is 12.1 Å². The molecule has 0 saturated heterocycles. The molecular formula is C26H30FN. The Morgan fingerprint density at radius 2 is 1.86 bits per heavy atom. The molecule has 2 aromatic rings. The molecule has 1 saturated carbocycles. The Bertz CT molecular complexity index is 878. The molecule has 0 N–H and O–H groups in total. The SMILES string of the molecule is CCCCCC1CCC2c3ccc(-c4ccc(C#N)c(F)c4)cc3CCC2C1. The third-order valence-corrected chi connectivity index (χ3v) is 7.06. The fourth-order valence-corrected chi connectivity index (χ4v) is 5.52. The van der Waals surface area contributed by atoms with E-state index in [0.717, 1.165) is 35.3 Å². The van der Waals surface area contributed by atoms with Gasteiger partial charge in [0.25, 0.3) is 0 Å². The number of fused-ring (bicyclic) bond motifs is 3. The lowest BCUT2D eigenvalue weighted by Gasteiger charge is -2.41. The van der Waals surface area contributed by atoms with Gasteiger partial charge in [-0.15, -0.1) is 0 Å². The third-order valence-electron chi connectivity index (χ3n) is 7.06. The van der Waals surface area contributed by atoms with Gasteiger partial charge in [-0.05, 0) is 84.2 Å². The first-order valence-electron chi connectivity index (χ1n) is 11.0. The maximum absolute atomic E-state index is 14.0. The van der Waals surface area contributed by atoms with Gasteiger partial charge in [0.1, 0.15) is 11.9 Å². The summed E-state index contributed by atoms with van der Waals surface area (Å²) in [5, 5.41) is 8.94. The molecule has 0 amide bonds. The molecule has 3 unspecified atom stereocenters. The van der Waals surface area contributed by atoms with Gasteiger partial charge >= 0.3 is 0 Å². The number of benzene rings is 2. The van der Waals surface area contributed by atoms with Crippen LogP contribution in [0.15, 0.2) is 36.4 Å². The van der Waals surface area contributed by atoms with E-state index in [2.05, 4.69) is 25.1 Å². The van der Waals surface area contributed by atoms with E-state index in [9.17, 15) is 4.39 Å². The quantitative estimate of drug-likeness (QED) is 0.500. The van der Waals surface area contributed by atoms with Crippen LogP contribution < -0.4 is 0 Å².